The lowest BCUT2D eigenvalue weighted by Gasteiger charge is -2.38. The van der Waals surface area contributed by atoms with Gasteiger partial charge in [-0.15, -0.1) is 0 Å². The molecule has 0 radical (unpaired) electrons. The van der Waals surface area contributed by atoms with Crippen LogP contribution in [-0.4, -0.2) is 49.1 Å². The van der Waals surface area contributed by atoms with Gasteiger partial charge in [0.25, 0.3) is 0 Å². The minimum atomic E-state index is 0.156. The summed E-state index contributed by atoms with van der Waals surface area (Å²) in [6, 6.07) is 0.156. The zero-order chi connectivity index (χ0) is 10.6. The molecule has 1 unspecified atom stereocenters. The van der Waals surface area contributed by atoms with Crippen molar-refractivity contribution in [2.75, 3.05) is 33.2 Å². The topological polar surface area (TPSA) is 49.6 Å². The van der Waals surface area contributed by atoms with Crippen LogP contribution in [0.5, 0.6) is 0 Å². The zero-order valence-corrected chi connectivity index (χ0v) is 9.20. The standard InChI is InChI=1S/C10H21N3O/c1-3-4-5-13-8-9(6-11)7-12(2)10(13)14/h9H,3-8,11H2,1-2H3. The first-order chi connectivity index (χ1) is 6.69. The Kier molecular flexibility index (Phi) is 4.20. The number of rotatable bonds is 4. The molecule has 0 aromatic rings. The van der Waals surface area contributed by atoms with Crippen molar-refractivity contribution in [2.45, 2.75) is 19.8 Å². The fraction of sp³-hybridized carbons (Fsp3) is 0.900. The predicted octanol–water partition coefficient (Wildman–Crippen LogP) is 0.729. The van der Waals surface area contributed by atoms with Crippen LogP contribution in [0, 0.1) is 5.92 Å². The molecule has 0 aromatic heterocycles. The van der Waals surface area contributed by atoms with Crippen LogP contribution < -0.4 is 5.73 Å². The second kappa shape index (κ2) is 5.20. The lowest BCUT2D eigenvalue weighted by molar-refractivity contribution is 0.117. The minimum Gasteiger partial charge on any atom is -0.330 e. The number of hydrogen-bond acceptors (Lipinski definition) is 2. The summed E-state index contributed by atoms with van der Waals surface area (Å²) < 4.78 is 0. The summed E-state index contributed by atoms with van der Waals surface area (Å²) in [5.74, 6) is 0.439. The van der Waals surface area contributed by atoms with E-state index in [-0.39, 0.29) is 6.03 Å². The van der Waals surface area contributed by atoms with E-state index < -0.39 is 0 Å². The third-order valence-corrected chi connectivity index (χ3v) is 2.72. The van der Waals surface area contributed by atoms with Gasteiger partial charge < -0.3 is 15.5 Å². The van der Waals surface area contributed by atoms with Gasteiger partial charge in [-0.2, -0.15) is 0 Å². The van der Waals surface area contributed by atoms with Gasteiger partial charge in [0.1, 0.15) is 0 Å². The third kappa shape index (κ3) is 2.61. The second-order valence-electron chi connectivity index (χ2n) is 4.06. The molecule has 1 atom stereocenters. The van der Waals surface area contributed by atoms with E-state index in [1.165, 1.54) is 0 Å². The van der Waals surface area contributed by atoms with Gasteiger partial charge in [0.15, 0.2) is 0 Å². The van der Waals surface area contributed by atoms with Gasteiger partial charge >= 0.3 is 6.03 Å². The molecule has 0 aliphatic carbocycles. The van der Waals surface area contributed by atoms with Crippen LogP contribution in [-0.2, 0) is 0 Å². The average molecular weight is 199 g/mol. The molecule has 4 heteroatoms. The number of nitrogens with zero attached hydrogens (tertiary/aromatic N) is 2. The van der Waals surface area contributed by atoms with Gasteiger partial charge in [-0.1, -0.05) is 13.3 Å². The number of nitrogens with two attached hydrogens (primary N) is 1. The first kappa shape index (κ1) is 11.3. The summed E-state index contributed by atoms with van der Waals surface area (Å²) in [6.07, 6.45) is 2.21. The molecule has 1 saturated heterocycles. The molecule has 1 aliphatic heterocycles. The zero-order valence-electron chi connectivity index (χ0n) is 9.20. The molecule has 0 aromatic carbocycles. The highest BCUT2D eigenvalue weighted by atomic mass is 16.2. The van der Waals surface area contributed by atoms with Gasteiger partial charge in [0.2, 0.25) is 0 Å². The molecule has 1 fully saturated rings. The van der Waals surface area contributed by atoms with E-state index in [0.717, 1.165) is 32.5 Å². The maximum absolute atomic E-state index is 11.7. The van der Waals surface area contributed by atoms with Gasteiger partial charge in [-0.3, -0.25) is 0 Å². The molecule has 4 nitrogen and oxygen atoms in total. The monoisotopic (exact) mass is 199 g/mol. The van der Waals surface area contributed by atoms with E-state index in [0.29, 0.717) is 12.5 Å². The third-order valence-electron chi connectivity index (χ3n) is 2.72. The van der Waals surface area contributed by atoms with Crippen LogP contribution >= 0.6 is 0 Å². The lowest BCUT2D eigenvalue weighted by Crippen LogP contribution is -2.53. The van der Waals surface area contributed by atoms with Crippen LogP contribution in [0.25, 0.3) is 0 Å². The second-order valence-corrected chi connectivity index (χ2v) is 4.06. The van der Waals surface area contributed by atoms with Crippen molar-refractivity contribution in [1.82, 2.24) is 9.80 Å². The Bertz CT molecular complexity index is 196. The van der Waals surface area contributed by atoms with E-state index in [4.69, 9.17) is 5.73 Å². The quantitative estimate of drug-likeness (QED) is 0.725. The van der Waals surface area contributed by atoms with E-state index >= 15 is 0 Å². The predicted molar refractivity (Wildman–Crippen MR) is 57.1 cm³/mol. The van der Waals surface area contributed by atoms with Crippen LogP contribution in [0.1, 0.15) is 19.8 Å². The fourth-order valence-corrected chi connectivity index (χ4v) is 1.84. The number of carbonyl (C=O) groups is 1. The minimum absolute atomic E-state index is 0.156. The van der Waals surface area contributed by atoms with Crippen molar-refractivity contribution < 1.29 is 4.79 Å². The smallest absolute Gasteiger partial charge is 0.319 e. The van der Waals surface area contributed by atoms with Crippen molar-refractivity contribution >= 4 is 6.03 Å². The maximum Gasteiger partial charge on any atom is 0.319 e. The van der Waals surface area contributed by atoms with Crippen molar-refractivity contribution in [1.29, 1.82) is 0 Å². The summed E-state index contributed by atoms with van der Waals surface area (Å²) in [4.78, 5) is 15.4. The summed E-state index contributed by atoms with van der Waals surface area (Å²) in [6.45, 7) is 5.31. The molecular formula is C10H21N3O. The molecule has 2 N–H and O–H groups in total. The summed E-state index contributed by atoms with van der Waals surface area (Å²) in [5.41, 5.74) is 5.64. The highest BCUT2D eigenvalue weighted by Crippen LogP contribution is 2.12. The summed E-state index contributed by atoms with van der Waals surface area (Å²) in [7, 11) is 1.85. The summed E-state index contributed by atoms with van der Waals surface area (Å²) in [5, 5.41) is 0. The van der Waals surface area contributed by atoms with Gasteiger partial charge in [0.05, 0.1) is 0 Å². The van der Waals surface area contributed by atoms with Crippen molar-refractivity contribution in [2.24, 2.45) is 11.7 Å². The molecule has 0 bridgehead atoms. The number of amides is 2. The van der Waals surface area contributed by atoms with Crippen LogP contribution in [0.3, 0.4) is 0 Å². The summed E-state index contributed by atoms with van der Waals surface area (Å²) >= 11 is 0. The highest BCUT2D eigenvalue weighted by molar-refractivity contribution is 5.74. The Morgan fingerprint density at radius 1 is 1.50 bits per heavy atom. The lowest BCUT2D eigenvalue weighted by atomic mass is 10.1. The molecule has 1 aliphatic rings. The first-order valence-electron chi connectivity index (χ1n) is 5.39. The van der Waals surface area contributed by atoms with Crippen molar-refractivity contribution in [3.63, 3.8) is 0 Å². The number of carbonyl (C=O) groups excluding carboxylic acids is 1. The van der Waals surface area contributed by atoms with E-state index in [2.05, 4.69) is 6.92 Å². The SMILES string of the molecule is CCCCN1CC(CN)CN(C)C1=O. The number of unbranched alkanes of at least 4 members (excludes halogenated alkanes) is 1. The van der Waals surface area contributed by atoms with Crippen molar-refractivity contribution in [3.05, 3.63) is 0 Å². The Morgan fingerprint density at radius 2 is 2.21 bits per heavy atom. The van der Waals surface area contributed by atoms with E-state index in [1.54, 1.807) is 4.90 Å². The highest BCUT2D eigenvalue weighted by Gasteiger charge is 2.27. The number of hydrogen-bond donors (Lipinski definition) is 1. The molecule has 1 heterocycles. The largest absolute Gasteiger partial charge is 0.330 e. The van der Waals surface area contributed by atoms with Crippen LogP contribution in [0.15, 0.2) is 0 Å². The normalized spacial score (nSPS) is 23.1. The molecule has 14 heavy (non-hydrogen) atoms. The van der Waals surface area contributed by atoms with Gasteiger partial charge in [0, 0.05) is 32.6 Å². The Labute approximate surface area is 86.0 Å². The molecular weight excluding hydrogens is 178 g/mol. The molecule has 2 amide bonds. The van der Waals surface area contributed by atoms with Gasteiger partial charge in [-0.25, -0.2) is 4.79 Å². The van der Waals surface area contributed by atoms with E-state index in [9.17, 15) is 4.79 Å². The maximum atomic E-state index is 11.7. The Balaban J connectivity index is 2.49. The van der Waals surface area contributed by atoms with Crippen molar-refractivity contribution in [3.8, 4) is 0 Å². The van der Waals surface area contributed by atoms with Gasteiger partial charge in [-0.05, 0) is 13.0 Å². The number of urea groups is 1. The Morgan fingerprint density at radius 3 is 2.79 bits per heavy atom. The molecule has 82 valence electrons. The first-order valence-corrected chi connectivity index (χ1v) is 5.39. The van der Waals surface area contributed by atoms with Crippen LogP contribution in [0.4, 0.5) is 4.79 Å². The molecule has 1 rings (SSSR count). The fourth-order valence-electron chi connectivity index (χ4n) is 1.84. The molecule has 0 spiro atoms. The molecule has 0 saturated carbocycles. The average Bonchev–Trinajstić information content (AvgIpc) is 2.20. The van der Waals surface area contributed by atoms with Crippen LogP contribution in [0.2, 0.25) is 0 Å². The Hall–Kier alpha value is -0.770. The van der Waals surface area contributed by atoms with E-state index in [1.807, 2.05) is 11.9 Å².